The molecule has 0 saturated heterocycles. The second-order valence-corrected chi connectivity index (χ2v) is 5.93. The number of carbonyl (C=O) groups excluding carboxylic acids is 1. The quantitative estimate of drug-likeness (QED) is 0.652. The third-order valence-corrected chi connectivity index (χ3v) is 4.36. The summed E-state index contributed by atoms with van der Waals surface area (Å²) in [5.41, 5.74) is 6.22. The maximum Gasteiger partial charge on any atom is 0.324 e. The van der Waals surface area contributed by atoms with E-state index < -0.39 is 4.92 Å². The number of nitro groups is 1. The lowest BCUT2D eigenvalue weighted by atomic mass is 9.82. The van der Waals surface area contributed by atoms with E-state index in [0.717, 1.165) is 37.0 Å². The summed E-state index contributed by atoms with van der Waals surface area (Å²) < 4.78 is 0. The summed E-state index contributed by atoms with van der Waals surface area (Å²) in [5.74, 6) is -0.292. The van der Waals surface area contributed by atoms with Crippen LogP contribution in [0, 0.1) is 10.1 Å². The molecular weight excluding hydrogens is 266 g/mol. The molecule has 0 spiro atoms. The van der Waals surface area contributed by atoms with Gasteiger partial charge < -0.3 is 11.1 Å². The largest absolute Gasteiger partial charge is 0.350 e. The topological polar surface area (TPSA) is 98.3 Å². The van der Waals surface area contributed by atoms with Gasteiger partial charge >= 0.3 is 5.00 Å². The average Bonchev–Trinajstić information content (AvgIpc) is 2.87. The Balaban J connectivity index is 1.91. The summed E-state index contributed by atoms with van der Waals surface area (Å²) in [6.07, 6.45) is 5.21. The Kier molecular flexibility index (Phi) is 4.16. The molecule has 1 aromatic rings. The van der Waals surface area contributed by atoms with E-state index in [1.807, 2.05) is 0 Å². The fourth-order valence-corrected chi connectivity index (χ4v) is 3.03. The molecule has 2 rings (SSSR count). The number of thiophene rings is 1. The first-order chi connectivity index (χ1) is 9.00. The first-order valence-electron chi connectivity index (χ1n) is 6.30. The van der Waals surface area contributed by atoms with Gasteiger partial charge in [-0.1, -0.05) is 30.6 Å². The number of nitrogens with two attached hydrogens (primary N) is 1. The number of hydrogen-bond donors (Lipinski definition) is 2. The van der Waals surface area contributed by atoms with Crippen LogP contribution < -0.4 is 11.1 Å². The van der Waals surface area contributed by atoms with Crippen LogP contribution in [0.3, 0.4) is 0 Å². The highest BCUT2D eigenvalue weighted by atomic mass is 32.1. The molecule has 19 heavy (non-hydrogen) atoms. The van der Waals surface area contributed by atoms with E-state index in [-0.39, 0.29) is 16.4 Å². The lowest BCUT2D eigenvalue weighted by Crippen LogP contribution is -2.51. The standard InChI is InChI=1S/C12H17N3O3S/c13-12(4-2-1-3-5-12)8-14-11(16)9-6-10(15(17)18)19-7-9/h6-7H,1-5,8,13H2,(H,14,16). The van der Waals surface area contributed by atoms with Gasteiger partial charge in [-0.2, -0.15) is 0 Å². The van der Waals surface area contributed by atoms with Crippen molar-refractivity contribution in [1.82, 2.24) is 5.32 Å². The van der Waals surface area contributed by atoms with Crippen LogP contribution in [-0.2, 0) is 0 Å². The van der Waals surface area contributed by atoms with Gasteiger partial charge in [0.1, 0.15) is 0 Å². The van der Waals surface area contributed by atoms with Crippen LogP contribution in [-0.4, -0.2) is 22.9 Å². The zero-order valence-corrected chi connectivity index (χ0v) is 11.4. The van der Waals surface area contributed by atoms with Crippen LogP contribution in [0.5, 0.6) is 0 Å². The Hall–Kier alpha value is -1.47. The minimum atomic E-state index is -0.493. The van der Waals surface area contributed by atoms with Crippen LogP contribution in [0.1, 0.15) is 42.5 Å². The Morgan fingerprint density at radius 2 is 2.16 bits per heavy atom. The lowest BCUT2D eigenvalue weighted by molar-refractivity contribution is -0.380. The molecule has 1 aliphatic rings. The number of nitrogens with one attached hydrogen (secondary N) is 1. The normalized spacial score (nSPS) is 17.9. The number of hydrogen-bond acceptors (Lipinski definition) is 5. The number of amides is 1. The Morgan fingerprint density at radius 1 is 1.47 bits per heavy atom. The highest BCUT2D eigenvalue weighted by Crippen LogP contribution is 2.26. The molecule has 7 heteroatoms. The third kappa shape index (κ3) is 3.51. The zero-order valence-electron chi connectivity index (χ0n) is 10.6. The van der Waals surface area contributed by atoms with Crippen LogP contribution in [0.2, 0.25) is 0 Å². The first kappa shape index (κ1) is 14.0. The molecular formula is C12H17N3O3S. The van der Waals surface area contributed by atoms with Gasteiger partial charge in [0, 0.05) is 23.5 Å². The van der Waals surface area contributed by atoms with Crippen molar-refractivity contribution in [2.45, 2.75) is 37.6 Å². The molecule has 0 bridgehead atoms. The Morgan fingerprint density at radius 3 is 2.74 bits per heavy atom. The number of nitrogens with zero attached hydrogens (tertiary/aromatic N) is 1. The van der Waals surface area contributed by atoms with Gasteiger partial charge in [-0.25, -0.2) is 0 Å². The van der Waals surface area contributed by atoms with E-state index in [2.05, 4.69) is 5.32 Å². The molecule has 6 nitrogen and oxygen atoms in total. The molecule has 3 N–H and O–H groups in total. The minimum absolute atomic E-state index is 0.0229. The van der Waals surface area contributed by atoms with E-state index in [1.165, 1.54) is 17.9 Å². The van der Waals surface area contributed by atoms with Crippen LogP contribution in [0.4, 0.5) is 5.00 Å². The Labute approximate surface area is 115 Å². The molecule has 0 aliphatic heterocycles. The number of carbonyl (C=O) groups is 1. The van der Waals surface area contributed by atoms with Gasteiger partial charge in [0.25, 0.3) is 5.91 Å². The molecule has 104 valence electrons. The molecule has 1 aromatic heterocycles. The highest BCUT2D eigenvalue weighted by Gasteiger charge is 2.28. The highest BCUT2D eigenvalue weighted by molar-refractivity contribution is 7.13. The SMILES string of the molecule is NC1(CNC(=O)c2csc([N+](=O)[O-])c2)CCCCC1. The summed E-state index contributed by atoms with van der Waals surface area (Å²) >= 11 is 0.955. The van der Waals surface area contributed by atoms with Crippen LogP contribution in [0.25, 0.3) is 0 Å². The van der Waals surface area contributed by atoms with Crippen molar-refractivity contribution in [3.05, 3.63) is 27.1 Å². The predicted molar refractivity (Wildman–Crippen MR) is 73.3 cm³/mol. The molecule has 1 amide bonds. The van der Waals surface area contributed by atoms with Crippen molar-refractivity contribution in [3.8, 4) is 0 Å². The van der Waals surface area contributed by atoms with E-state index in [9.17, 15) is 14.9 Å². The van der Waals surface area contributed by atoms with E-state index in [1.54, 1.807) is 0 Å². The summed E-state index contributed by atoms with van der Waals surface area (Å²) in [5, 5.41) is 14.8. The van der Waals surface area contributed by atoms with Crippen molar-refractivity contribution in [1.29, 1.82) is 0 Å². The maximum absolute atomic E-state index is 11.9. The fraction of sp³-hybridized carbons (Fsp3) is 0.583. The molecule has 0 radical (unpaired) electrons. The summed E-state index contributed by atoms with van der Waals surface area (Å²) in [6.45, 7) is 0.426. The van der Waals surface area contributed by atoms with Crippen molar-refractivity contribution >= 4 is 22.2 Å². The molecule has 1 saturated carbocycles. The van der Waals surface area contributed by atoms with Crippen LogP contribution in [0.15, 0.2) is 11.4 Å². The van der Waals surface area contributed by atoms with Gasteiger partial charge in [0.15, 0.2) is 0 Å². The van der Waals surface area contributed by atoms with E-state index in [0.29, 0.717) is 12.1 Å². The van der Waals surface area contributed by atoms with Crippen molar-refractivity contribution in [3.63, 3.8) is 0 Å². The van der Waals surface area contributed by atoms with Gasteiger partial charge in [-0.15, -0.1) is 0 Å². The Bertz CT molecular complexity index is 480. The van der Waals surface area contributed by atoms with Crippen molar-refractivity contribution in [2.24, 2.45) is 5.73 Å². The zero-order chi connectivity index (χ0) is 13.9. The molecule has 0 unspecified atom stereocenters. The van der Waals surface area contributed by atoms with Gasteiger partial charge in [-0.3, -0.25) is 14.9 Å². The summed E-state index contributed by atoms with van der Waals surface area (Å²) in [6, 6.07) is 1.30. The minimum Gasteiger partial charge on any atom is -0.350 e. The van der Waals surface area contributed by atoms with Gasteiger partial charge in [0.2, 0.25) is 0 Å². The molecule has 1 fully saturated rings. The maximum atomic E-state index is 11.9. The second kappa shape index (κ2) is 5.66. The van der Waals surface area contributed by atoms with Gasteiger partial charge in [0.05, 0.1) is 10.5 Å². The van der Waals surface area contributed by atoms with E-state index in [4.69, 9.17) is 5.73 Å². The molecule has 0 atom stereocenters. The predicted octanol–water partition coefficient (Wildman–Crippen LogP) is 2.05. The van der Waals surface area contributed by atoms with Gasteiger partial charge in [-0.05, 0) is 12.8 Å². The summed E-state index contributed by atoms with van der Waals surface area (Å²) in [7, 11) is 0. The van der Waals surface area contributed by atoms with Crippen molar-refractivity contribution in [2.75, 3.05) is 6.54 Å². The lowest BCUT2D eigenvalue weighted by Gasteiger charge is -2.33. The second-order valence-electron chi connectivity index (χ2n) is 5.04. The smallest absolute Gasteiger partial charge is 0.324 e. The summed E-state index contributed by atoms with van der Waals surface area (Å²) in [4.78, 5) is 21.9. The average molecular weight is 283 g/mol. The number of rotatable bonds is 4. The third-order valence-electron chi connectivity index (χ3n) is 3.48. The van der Waals surface area contributed by atoms with Crippen LogP contribution >= 0.6 is 11.3 Å². The fourth-order valence-electron chi connectivity index (χ4n) is 2.33. The van der Waals surface area contributed by atoms with E-state index >= 15 is 0 Å². The molecule has 0 aromatic carbocycles. The van der Waals surface area contributed by atoms with Crippen molar-refractivity contribution < 1.29 is 9.72 Å². The first-order valence-corrected chi connectivity index (χ1v) is 7.18. The molecule has 1 aliphatic carbocycles. The monoisotopic (exact) mass is 283 g/mol. The molecule has 1 heterocycles.